The monoisotopic (exact) mass is 377 g/mol. The Bertz CT molecular complexity index is 870. The summed E-state index contributed by atoms with van der Waals surface area (Å²) in [6, 6.07) is 0. The highest BCUT2D eigenvalue weighted by molar-refractivity contribution is 6.08. The Morgan fingerprint density at radius 1 is 1.31 bits per heavy atom. The van der Waals surface area contributed by atoms with Crippen molar-refractivity contribution in [2.24, 2.45) is 5.73 Å². The quantitative estimate of drug-likeness (QED) is 0.441. The Labute approximate surface area is 142 Å². The van der Waals surface area contributed by atoms with E-state index in [2.05, 4.69) is 9.97 Å². The smallest absolute Gasteiger partial charge is 0.394 e. The van der Waals surface area contributed by atoms with Crippen molar-refractivity contribution < 1.29 is 38.0 Å². The number of ether oxygens (including phenoxy) is 1. The minimum Gasteiger partial charge on any atom is -0.394 e. The van der Waals surface area contributed by atoms with E-state index in [4.69, 9.17) is 21.3 Å². The zero-order valence-corrected chi connectivity index (χ0v) is 12.9. The molecular formula is C13H14F3N5O5. The summed E-state index contributed by atoms with van der Waals surface area (Å²) >= 11 is 0. The van der Waals surface area contributed by atoms with Crippen LogP contribution in [-0.2, 0) is 10.9 Å². The number of halogens is 3. The number of aromatic nitrogens is 3. The van der Waals surface area contributed by atoms with Crippen molar-refractivity contribution in [1.29, 1.82) is 0 Å². The maximum atomic E-state index is 13.0. The summed E-state index contributed by atoms with van der Waals surface area (Å²) in [6.45, 7) is -0.651. The number of nitrogen functional groups attached to an aromatic ring is 1. The first-order chi connectivity index (χ1) is 12.1. The number of anilines is 1. The van der Waals surface area contributed by atoms with Gasteiger partial charge in [0.25, 0.3) is 5.91 Å². The number of fused-ring (bicyclic) bond motifs is 1. The van der Waals surface area contributed by atoms with E-state index in [1.807, 2.05) is 0 Å². The van der Waals surface area contributed by atoms with Crippen LogP contribution in [0.4, 0.5) is 19.0 Å². The summed E-state index contributed by atoms with van der Waals surface area (Å²) < 4.78 is 45.1. The summed E-state index contributed by atoms with van der Waals surface area (Å²) in [5.41, 5.74) is 10.0. The molecule has 3 heterocycles. The SMILES string of the molecule is NC(=O)c1cn([C@@H]2O[C@H](CO)[C@@H](O)[C@H]2O)c2nc(C(F)(F)F)nc(N)c12. The number of carbonyl (C=O) groups excluding carboxylic acids is 1. The van der Waals surface area contributed by atoms with Crippen LogP contribution in [0.15, 0.2) is 6.20 Å². The molecule has 142 valence electrons. The van der Waals surface area contributed by atoms with Gasteiger partial charge in [-0.3, -0.25) is 4.79 Å². The molecule has 0 saturated carbocycles. The standard InChI is InChI=1S/C13H14F3N5O5/c14-13(15,16)12-19-8(17)5-3(9(18)25)1-21(10(5)20-12)11-7(24)6(23)4(2-22)26-11/h1,4,6-7,11,22-24H,2H2,(H2,18,25)(H2,17,19,20)/t4-,6-,7-,11-/m1/s1. The van der Waals surface area contributed by atoms with Gasteiger partial charge in [0.15, 0.2) is 6.23 Å². The highest BCUT2D eigenvalue weighted by Crippen LogP contribution is 2.36. The second-order valence-corrected chi connectivity index (χ2v) is 5.67. The van der Waals surface area contributed by atoms with Crippen molar-refractivity contribution in [3.05, 3.63) is 17.6 Å². The number of hydrogen-bond donors (Lipinski definition) is 5. The molecule has 1 fully saturated rings. The van der Waals surface area contributed by atoms with Gasteiger partial charge in [0.1, 0.15) is 29.8 Å². The molecule has 1 aliphatic heterocycles. The van der Waals surface area contributed by atoms with Crippen molar-refractivity contribution in [3.63, 3.8) is 0 Å². The molecule has 0 spiro atoms. The number of primary amides is 1. The van der Waals surface area contributed by atoms with Gasteiger partial charge in [-0.2, -0.15) is 13.2 Å². The molecule has 1 amide bonds. The molecule has 2 aromatic rings. The van der Waals surface area contributed by atoms with Crippen LogP contribution in [0.25, 0.3) is 11.0 Å². The third-order valence-corrected chi connectivity index (χ3v) is 4.01. The third kappa shape index (κ3) is 2.74. The maximum Gasteiger partial charge on any atom is 0.451 e. The van der Waals surface area contributed by atoms with Crippen molar-refractivity contribution in [2.75, 3.05) is 12.3 Å². The third-order valence-electron chi connectivity index (χ3n) is 4.01. The Balaban J connectivity index is 2.25. The predicted molar refractivity (Wildman–Crippen MR) is 78.5 cm³/mol. The van der Waals surface area contributed by atoms with Crippen molar-refractivity contribution in [3.8, 4) is 0 Å². The largest absolute Gasteiger partial charge is 0.451 e. The number of hydrogen-bond acceptors (Lipinski definition) is 8. The lowest BCUT2D eigenvalue weighted by molar-refractivity contribution is -0.144. The van der Waals surface area contributed by atoms with Crippen molar-refractivity contribution in [1.82, 2.24) is 14.5 Å². The molecule has 1 aliphatic rings. The normalized spacial score (nSPS) is 26.5. The number of rotatable bonds is 3. The second kappa shape index (κ2) is 6.05. The molecular weight excluding hydrogens is 363 g/mol. The van der Waals surface area contributed by atoms with Crippen LogP contribution in [0, 0.1) is 0 Å². The molecule has 0 unspecified atom stereocenters. The van der Waals surface area contributed by atoms with Gasteiger partial charge >= 0.3 is 6.18 Å². The highest BCUT2D eigenvalue weighted by Gasteiger charge is 2.45. The van der Waals surface area contributed by atoms with Crippen LogP contribution >= 0.6 is 0 Å². The molecule has 2 aromatic heterocycles. The number of carbonyl (C=O) groups is 1. The molecule has 26 heavy (non-hydrogen) atoms. The van der Waals surface area contributed by atoms with Gasteiger partial charge in [0.2, 0.25) is 5.82 Å². The van der Waals surface area contributed by atoms with Crippen LogP contribution < -0.4 is 11.5 Å². The van der Waals surface area contributed by atoms with Crippen LogP contribution in [0.5, 0.6) is 0 Å². The fourth-order valence-corrected chi connectivity index (χ4v) is 2.79. The van der Waals surface area contributed by atoms with Crippen molar-refractivity contribution in [2.45, 2.75) is 30.7 Å². The lowest BCUT2D eigenvalue weighted by Gasteiger charge is -2.17. The summed E-state index contributed by atoms with van der Waals surface area (Å²) in [4.78, 5) is 18.1. The Hall–Kier alpha value is -2.48. The van der Waals surface area contributed by atoms with Gasteiger partial charge in [-0.1, -0.05) is 0 Å². The van der Waals surface area contributed by atoms with E-state index in [0.717, 1.165) is 10.8 Å². The maximum absolute atomic E-state index is 13.0. The lowest BCUT2D eigenvalue weighted by atomic mass is 10.1. The van der Waals surface area contributed by atoms with Gasteiger partial charge in [0, 0.05) is 6.20 Å². The molecule has 0 aliphatic carbocycles. The zero-order chi connectivity index (χ0) is 19.4. The van der Waals surface area contributed by atoms with Gasteiger partial charge in [-0.05, 0) is 0 Å². The minimum atomic E-state index is -4.92. The number of alkyl halides is 3. The average Bonchev–Trinajstić information content (AvgIpc) is 3.06. The van der Waals surface area contributed by atoms with Gasteiger partial charge < -0.3 is 36.1 Å². The fraction of sp³-hybridized carbons (Fsp3) is 0.462. The summed E-state index contributed by atoms with van der Waals surface area (Å²) in [5.74, 6) is -3.22. The molecule has 3 rings (SSSR count). The van der Waals surface area contributed by atoms with E-state index < -0.39 is 60.5 Å². The summed E-state index contributed by atoms with van der Waals surface area (Å²) in [5, 5.41) is 28.8. The topological polar surface area (TPSA) is 170 Å². The van der Waals surface area contributed by atoms with Gasteiger partial charge in [-0.15, -0.1) is 0 Å². The number of nitrogens with zero attached hydrogens (tertiary/aromatic N) is 3. The number of aliphatic hydroxyl groups excluding tert-OH is 3. The van der Waals surface area contributed by atoms with Crippen LogP contribution in [0.3, 0.4) is 0 Å². The van der Waals surface area contributed by atoms with Crippen molar-refractivity contribution >= 4 is 22.8 Å². The van der Waals surface area contributed by atoms with Crippen LogP contribution in [0.2, 0.25) is 0 Å². The van der Waals surface area contributed by atoms with E-state index in [1.165, 1.54) is 0 Å². The fourth-order valence-electron chi connectivity index (χ4n) is 2.79. The zero-order valence-electron chi connectivity index (χ0n) is 12.9. The minimum absolute atomic E-state index is 0.247. The Morgan fingerprint density at radius 3 is 2.46 bits per heavy atom. The Kier molecular flexibility index (Phi) is 4.26. The van der Waals surface area contributed by atoms with E-state index in [-0.39, 0.29) is 10.9 Å². The Morgan fingerprint density at radius 2 is 1.96 bits per heavy atom. The highest BCUT2D eigenvalue weighted by atomic mass is 19.4. The first-order valence-corrected chi connectivity index (χ1v) is 7.23. The molecule has 0 bridgehead atoms. The first-order valence-electron chi connectivity index (χ1n) is 7.23. The predicted octanol–water partition coefficient (Wildman–Crippen LogP) is -1.26. The average molecular weight is 377 g/mol. The second-order valence-electron chi connectivity index (χ2n) is 5.67. The lowest BCUT2D eigenvalue weighted by Crippen LogP contribution is -2.33. The van der Waals surface area contributed by atoms with E-state index >= 15 is 0 Å². The molecule has 13 heteroatoms. The summed E-state index contributed by atoms with van der Waals surface area (Å²) in [6.07, 6.45) is -9.68. The number of nitrogens with two attached hydrogens (primary N) is 2. The molecule has 4 atom stereocenters. The molecule has 0 radical (unpaired) electrons. The van der Waals surface area contributed by atoms with Crippen LogP contribution in [-0.4, -0.2) is 60.7 Å². The first kappa shape index (κ1) is 18.3. The van der Waals surface area contributed by atoms with E-state index in [1.54, 1.807) is 0 Å². The molecule has 0 aromatic carbocycles. The molecule has 10 nitrogen and oxygen atoms in total. The van der Waals surface area contributed by atoms with Gasteiger partial charge in [-0.25, -0.2) is 9.97 Å². The summed E-state index contributed by atoms with van der Waals surface area (Å²) in [7, 11) is 0. The number of aliphatic hydroxyl groups is 3. The molecule has 7 N–H and O–H groups in total. The van der Waals surface area contributed by atoms with E-state index in [9.17, 15) is 28.2 Å². The van der Waals surface area contributed by atoms with Crippen LogP contribution in [0.1, 0.15) is 22.4 Å². The van der Waals surface area contributed by atoms with E-state index in [0.29, 0.717) is 0 Å². The number of amides is 1. The molecule has 1 saturated heterocycles. The van der Waals surface area contributed by atoms with Gasteiger partial charge in [0.05, 0.1) is 17.6 Å².